The number of oxazole rings is 1. The summed E-state index contributed by atoms with van der Waals surface area (Å²) in [5.41, 5.74) is 1.15. The molecule has 7 nitrogen and oxygen atoms in total. The number of likely N-dealkylation sites (N-methyl/N-ethyl adjacent to an activating group) is 1. The van der Waals surface area contributed by atoms with Crippen LogP contribution < -0.4 is 10.2 Å². The van der Waals surface area contributed by atoms with Crippen LogP contribution >= 0.6 is 0 Å². The number of nitro benzene ring substituents is 1. The zero-order chi connectivity index (χ0) is 14.8. The third-order valence-corrected chi connectivity index (χ3v) is 3.88. The molecule has 0 aliphatic carbocycles. The highest BCUT2D eigenvalue weighted by atomic mass is 16.6. The third kappa shape index (κ3) is 2.69. The Balaban J connectivity index is 1.93. The number of rotatable bonds is 4. The van der Waals surface area contributed by atoms with Gasteiger partial charge in [-0.15, -0.1) is 0 Å². The predicted octanol–water partition coefficient (Wildman–Crippen LogP) is 2.31. The first-order valence-corrected chi connectivity index (χ1v) is 7.15. The monoisotopic (exact) mass is 290 g/mol. The number of benzene rings is 1. The lowest BCUT2D eigenvalue weighted by atomic mass is 10.0. The molecule has 1 aliphatic heterocycles. The SMILES string of the molecule is CNCC1CCCCN1c1nc2ccc([N+](=O)[O-])cc2o1. The summed E-state index contributed by atoms with van der Waals surface area (Å²) in [7, 11) is 1.93. The van der Waals surface area contributed by atoms with E-state index in [1.165, 1.54) is 18.6 Å². The molecule has 112 valence electrons. The molecule has 1 aromatic heterocycles. The zero-order valence-electron chi connectivity index (χ0n) is 11.9. The fraction of sp³-hybridized carbons (Fsp3) is 0.500. The summed E-state index contributed by atoms with van der Waals surface area (Å²) in [6, 6.07) is 5.44. The number of hydrogen-bond donors (Lipinski definition) is 1. The van der Waals surface area contributed by atoms with Gasteiger partial charge in [-0.05, 0) is 32.4 Å². The minimum Gasteiger partial charge on any atom is -0.423 e. The Bertz CT molecular complexity index is 653. The molecule has 1 fully saturated rings. The molecule has 1 N–H and O–H groups in total. The summed E-state index contributed by atoms with van der Waals surface area (Å²) in [5.74, 6) is 0. The number of aromatic nitrogens is 1. The third-order valence-electron chi connectivity index (χ3n) is 3.88. The lowest BCUT2D eigenvalue weighted by Crippen LogP contribution is -2.45. The highest BCUT2D eigenvalue weighted by molar-refractivity contribution is 5.77. The van der Waals surface area contributed by atoms with Gasteiger partial charge in [0.1, 0.15) is 5.52 Å². The van der Waals surface area contributed by atoms with Crippen LogP contribution in [0, 0.1) is 10.1 Å². The van der Waals surface area contributed by atoms with Crippen LogP contribution in [-0.2, 0) is 0 Å². The normalized spacial score (nSPS) is 19.1. The quantitative estimate of drug-likeness (QED) is 0.687. The number of non-ortho nitro benzene ring substituents is 1. The molecule has 0 saturated carbocycles. The maximum atomic E-state index is 10.8. The van der Waals surface area contributed by atoms with Crippen molar-refractivity contribution in [2.45, 2.75) is 25.3 Å². The van der Waals surface area contributed by atoms with E-state index in [4.69, 9.17) is 4.42 Å². The first-order valence-electron chi connectivity index (χ1n) is 7.15. The Morgan fingerprint density at radius 1 is 1.52 bits per heavy atom. The van der Waals surface area contributed by atoms with Gasteiger partial charge in [0.15, 0.2) is 5.58 Å². The summed E-state index contributed by atoms with van der Waals surface area (Å²) < 4.78 is 5.76. The molecular weight excluding hydrogens is 272 g/mol. The van der Waals surface area contributed by atoms with Crippen LogP contribution in [0.4, 0.5) is 11.7 Å². The van der Waals surface area contributed by atoms with E-state index in [2.05, 4.69) is 15.2 Å². The number of anilines is 1. The van der Waals surface area contributed by atoms with Gasteiger partial charge in [-0.2, -0.15) is 4.98 Å². The van der Waals surface area contributed by atoms with Gasteiger partial charge in [0, 0.05) is 25.2 Å². The number of piperidine rings is 1. The van der Waals surface area contributed by atoms with Crippen molar-refractivity contribution < 1.29 is 9.34 Å². The average molecular weight is 290 g/mol. The largest absolute Gasteiger partial charge is 0.423 e. The van der Waals surface area contributed by atoms with Crippen molar-refractivity contribution in [3.63, 3.8) is 0 Å². The molecule has 2 heterocycles. The van der Waals surface area contributed by atoms with Crippen molar-refractivity contribution >= 4 is 22.8 Å². The minimum absolute atomic E-state index is 0.0237. The van der Waals surface area contributed by atoms with Gasteiger partial charge in [0.05, 0.1) is 11.0 Å². The molecule has 1 saturated heterocycles. The summed E-state index contributed by atoms with van der Waals surface area (Å²) in [5, 5.41) is 14.0. The second-order valence-corrected chi connectivity index (χ2v) is 5.31. The van der Waals surface area contributed by atoms with E-state index in [1.54, 1.807) is 6.07 Å². The second kappa shape index (κ2) is 5.69. The molecule has 0 amide bonds. The van der Waals surface area contributed by atoms with Crippen LogP contribution in [0.2, 0.25) is 0 Å². The molecular formula is C14H18N4O3. The van der Waals surface area contributed by atoms with Crippen molar-refractivity contribution in [3.05, 3.63) is 28.3 Å². The summed E-state index contributed by atoms with van der Waals surface area (Å²) in [4.78, 5) is 17.0. The highest BCUT2D eigenvalue weighted by Crippen LogP contribution is 2.29. The van der Waals surface area contributed by atoms with E-state index in [-0.39, 0.29) is 5.69 Å². The Morgan fingerprint density at radius 2 is 2.38 bits per heavy atom. The summed E-state index contributed by atoms with van der Waals surface area (Å²) in [6.45, 7) is 1.78. The second-order valence-electron chi connectivity index (χ2n) is 5.31. The molecule has 21 heavy (non-hydrogen) atoms. The number of hydrogen-bond acceptors (Lipinski definition) is 6. The minimum atomic E-state index is -0.424. The maximum Gasteiger partial charge on any atom is 0.298 e. The zero-order valence-corrected chi connectivity index (χ0v) is 11.9. The van der Waals surface area contributed by atoms with E-state index in [9.17, 15) is 10.1 Å². The number of nitro groups is 1. The van der Waals surface area contributed by atoms with Gasteiger partial charge in [-0.3, -0.25) is 10.1 Å². The number of nitrogens with one attached hydrogen (secondary N) is 1. The standard InChI is InChI=1S/C14H18N4O3/c1-15-9-11-4-2-3-7-17(11)14-16-12-6-5-10(18(19)20)8-13(12)21-14/h5-6,8,11,15H,2-4,7,9H2,1H3. The summed E-state index contributed by atoms with van der Waals surface area (Å²) >= 11 is 0. The van der Waals surface area contributed by atoms with Crippen LogP contribution in [0.5, 0.6) is 0 Å². The van der Waals surface area contributed by atoms with Crippen LogP contribution in [0.1, 0.15) is 19.3 Å². The van der Waals surface area contributed by atoms with Crippen molar-refractivity contribution in [1.29, 1.82) is 0 Å². The molecule has 1 atom stereocenters. The predicted molar refractivity (Wildman–Crippen MR) is 79.6 cm³/mol. The lowest BCUT2D eigenvalue weighted by Gasteiger charge is -2.34. The topological polar surface area (TPSA) is 84.4 Å². The molecule has 2 aromatic rings. The molecule has 1 unspecified atom stereocenters. The molecule has 0 radical (unpaired) electrons. The highest BCUT2D eigenvalue weighted by Gasteiger charge is 2.26. The molecule has 0 bridgehead atoms. The maximum absolute atomic E-state index is 10.8. The number of nitrogens with zero attached hydrogens (tertiary/aromatic N) is 3. The average Bonchev–Trinajstić information content (AvgIpc) is 2.90. The molecule has 1 aromatic carbocycles. The van der Waals surface area contributed by atoms with Crippen LogP contribution in [-0.4, -0.2) is 36.1 Å². The van der Waals surface area contributed by atoms with Gasteiger partial charge < -0.3 is 14.6 Å². The summed E-state index contributed by atoms with van der Waals surface area (Å²) in [6.07, 6.45) is 3.41. The fourth-order valence-corrected chi connectivity index (χ4v) is 2.84. The molecule has 3 rings (SSSR count). The van der Waals surface area contributed by atoms with Crippen LogP contribution in [0.3, 0.4) is 0 Å². The van der Waals surface area contributed by atoms with E-state index >= 15 is 0 Å². The van der Waals surface area contributed by atoms with Crippen LogP contribution in [0.25, 0.3) is 11.1 Å². The van der Waals surface area contributed by atoms with Gasteiger partial charge in [0.25, 0.3) is 11.7 Å². The van der Waals surface area contributed by atoms with Gasteiger partial charge in [-0.25, -0.2) is 0 Å². The smallest absolute Gasteiger partial charge is 0.298 e. The molecule has 1 aliphatic rings. The van der Waals surface area contributed by atoms with Gasteiger partial charge >= 0.3 is 0 Å². The first-order chi connectivity index (χ1) is 10.2. The van der Waals surface area contributed by atoms with Crippen molar-refractivity contribution in [1.82, 2.24) is 10.3 Å². The van der Waals surface area contributed by atoms with Crippen molar-refractivity contribution in [2.24, 2.45) is 0 Å². The number of fused-ring (bicyclic) bond motifs is 1. The van der Waals surface area contributed by atoms with E-state index in [0.29, 0.717) is 23.2 Å². The van der Waals surface area contributed by atoms with E-state index in [1.807, 2.05) is 7.05 Å². The van der Waals surface area contributed by atoms with E-state index < -0.39 is 4.92 Å². The fourth-order valence-electron chi connectivity index (χ4n) is 2.84. The Hall–Kier alpha value is -2.15. The first kappa shape index (κ1) is 13.8. The Kier molecular flexibility index (Phi) is 3.74. The lowest BCUT2D eigenvalue weighted by molar-refractivity contribution is -0.384. The van der Waals surface area contributed by atoms with Crippen LogP contribution in [0.15, 0.2) is 22.6 Å². The Labute approximate surface area is 122 Å². The molecule has 0 spiro atoms. The van der Waals surface area contributed by atoms with Gasteiger partial charge in [-0.1, -0.05) is 0 Å². The Morgan fingerprint density at radius 3 is 3.14 bits per heavy atom. The molecule has 7 heteroatoms. The van der Waals surface area contributed by atoms with Gasteiger partial charge in [0.2, 0.25) is 0 Å². The van der Waals surface area contributed by atoms with Crippen molar-refractivity contribution in [2.75, 3.05) is 25.0 Å². The van der Waals surface area contributed by atoms with Crippen molar-refractivity contribution in [3.8, 4) is 0 Å². The van der Waals surface area contributed by atoms with E-state index in [0.717, 1.165) is 25.9 Å².